The maximum absolute atomic E-state index is 10.8. The van der Waals surface area contributed by atoms with Crippen molar-refractivity contribution in [2.24, 2.45) is 5.92 Å². The van der Waals surface area contributed by atoms with Crippen molar-refractivity contribution in [3.8, 4) is 5.75 Å². The summed E-state index contributed by atoms with van der Waals surface area (Å²) in [5, 5.41) is 8.88. The molecule has 0 saturated heterocycles. The summed E-state index contributed by atoms with van der Waals surface area (Å²) in [6, 6.07) is 5.65. The van der Waals surface area contributed by atoms with Gasteiger partial charge in [0.15, 0.2) is 0 Å². The van der Waals surface area contributed by atoms with Crippen LogP contribution >= 0.6 is 15.9 Å². The number of methoxy groups -OCH3 is 1. The lowest BCUT2D eigenvalue weighted by molar-refractivity contribution is -0.131. The van der Waals surface area contributed by atoms with E-state index in [0.29, 0.717) is 5.92 Å². The van der Waals surface area contributed by atoms with Crippen LogP contribution in [-0.4, -0.2) is 18.2 Å². The second kappa shape index (κ2) is 4.92. The predicted molar refractivity (Wildman–Crippen MR) is 69.0 cm³/mol. The number of carboxylic acid groups (broad SMARTS) is 1. The van der Waals surface area contributed by atoms with E-state index in [1.54, 1.807) is 7.11 Å². The van der Waals surface area contributed by atoms with Crippen LogP contribution in [0.4, 0.5) is 0 Å². The molecule has 1 fully saturated rings. The Balaban J connectivity index is 2.37. The molecule has 3 nitrogen and oxygen atoms in total. The number of hydrogen-bond donors (Lipinski definition) is 1. The molecule has 1 aliphatic carbocycles. The molecule has 4 heteroatoms. The van der Waals surface area contributed by atoms with Gasteiger partial charge in [0.1, 0.15) is 5.75 Å². The van der Waals surface area contributed by atoms with Gasteiger partial charge in [-0.1, -0.05) is 6.07 Å². The molecule has 0 aliphatic heterocycles. The van der Waals surface area contributed by atoms with Gasteiger partial charge in [0, 0.05) is 6.08 Å². The van der Waals surface area contributed by atoms with Gasteiger partial charge in [-0.15, -0.1) is 0 Å². The molecule has 90 valence electrons. The predicted octanol–water partition coefficient (Wildman–Crippen LogP) is 3.34. The third-order valence-electron chi connectivity index (χ3n) is 2.78. The highest BCUT2D eigenvalue weighted by Crippen LogP contribution is 2.43. The summed E-state index contributed by atoms with van der Waals surface area (Å²) in [6.45, 7) is 0. The second-order valence-electron chi connectivity index (χ2n) is 4.06. The number of halogens is 1. The van der Waals surface area contributed by atoms with E-state index in [1.165, 1.54) is 6.08 Å². The fourth-order valence-electron chi connectivity index (χ4n) is 1.81. The van der Waals surface area contributed by atoms with E-state index in [2.05, 4.69) is 15.9 Å². The van der Waals surface area contributed by atoms with Gasteiger partial charge in [0.25, 0.3) is 0 Å². The molecule has 0 amide bonds. The van der Waals surface area contributed by atoms with Crippen LogP contribution < -0.4 is 4.74 Å². The number of aliphatic carboxylic acids is 1. The zero-order valence-corrected chi connectivity index (χ0v) is 11.0. The van der Waals surface area contributed by atoms with E-state index in [1.807, 2.05) is 18.2 Å². The summed E-state index contributed by atoms with van der Waals surface area (Å²) in [5.74, 6) is 0.254. The summed E-state index contributed by atoms with van der Waals surface area (Å²) in [7, 11) is 1.61. The minimum atomic E-state index is -0.890. The molecule has 0 aromatic heterocycles. The van der Waals surface area contributed by atoms with Gasteiger partial charge < -0.3 is 9.84 Å². The summed E-state index contributed by atoms with van der Waals surface area (Å²) < 4.78 is 6.00. The van der Waals surface area contributed by atoms with Crippen molar-refractivity contribution in [2.45, 2.75) is 12.8 Å². The molecule has 0 heterocycles. The zero-order valence-electron chi connectivity index (χ0n) is 9.44. The monoisotopic (exact) mass is 296 g/mol. The van der Waals surface area contributed by atoms with Crippen molar-refractivity contribution >= 4 is 27.5 Å². The van der Waals surface area contributed by atoms with Gasteiger partial charge >= 0.3 is 5.97 Å². The Morgan fingerprint density at radius 3 is 2.71 bits per heavy atom. The molecule has 1 aromatic carbocycles. The molecule has 0 unspecified atom stereocenters. The van der Waals surface area contributed by atoms with Gasteiger partial charge in [-0.05, 0) is 58.0 Å². The quantitative estimate of drug-likeness (QED) is 0.867. The van der Waals surface area contributed by atoms with Crippen molar-refractivity contribution in [1.82, 2.24) is 0 Å². The van der Waals surface area contributed by atoms with Crippen LogP contribution in [0.1, 0.15) is 18.4 Å². The smallest absolute Gasteiger partial charge is 0.328 e. The molecule has 0 atom stereocenters. The number of hydrogen-bond acceptors (Lipinski definition) is 2. The molecular weight excluding hydrogens is 284 g/mol. The van der Waals surface area contributed by atoms with E-state index in [9.17, 15) is 4.79 Å². The molecule has 0 bridgehead atoms. The number of ether oxygens (including phenoxy) is 1. The summed E-state index contributed by atoms with van der Waals surface area (Å²) in [6.07, 6.45) is 3.46. The molecule has 0 spiro atoms. The first-order chi connectivity index (χ1) is 8.11. The lowest BCUT2D eigenvalue weighted by Gasteiger charge is -2.09. The molecule has 1 saturated carbocycles. The minimum Gasteiger partial charge on any atom is -0.496 e. The number of allylic oxidation sites excluding steroid dienone is 1. The van der Waals surface area contributed by atoms with Gasteiger partial charge in [0.2, 0.25) is 0 Å². The fraction of sp³-hybridized carbons (Fsp3) is 0.308. The SMILES string of the molecule is COc1ccc(/C(=C/C(=O)O)C2CC2)cc1Br. The van der Waals surface area contributed by atoms with Gasteiger partial charge in [-0.3, -0.25) is 0 Å². The third kappa shape index (κ3) is 2.88. The summed E-state index contributed by atoms with van der Waals surface area (Å²) in [4.78, 5) is 10.8. The summed E-state index contributed by atoms with van der Waals surface area (Å²) >= 11 is 3.41. The Hall–Kier alpha value is -1.29. The molecule has 1 aromatic rings. The second-order valence-corrected chi connectivity index (χ2v) is 4.92. The van der Waals surface area contributed by atoms with Gasteiger partial charge in [0.05, 0.1) is 11.6 Å². The zero-order chi connectivity index (χ0) is 12.4. The van der Waals surface area contributed by atoms with Crippen molar-refractivity contribution < 1.29 is 14.6 Å². The van der Waals surface area contributed by atoms with Crippen LogP contribution in [-0.2, 0) is 4.79 Å². The van der Waals surface area contributed by atoms with E-state index < -0.39 is 5.97 Å². The maximum atomic E-state index is 10.8. The largest absolute Gasteiger partial charge is 0.496 e. The van der Waals surface area contributed by atoms with Crippen LogP contribution in [0.2, 0.25) is 0 Å². The van der Waals surface area contributed by atoms with Crippen molar-refractivity contribution in [2.75, 3.05) is 7.11 Å². The normalized spacial score (nSPS) is 15.8. The van der Waals surface area contributed by atoms with E-state index in [4.69, 9.17) is 9.84 Å². The number of benzene rings is 1. The van der Waals surface area contributed by atoms with Crippen LogP contribution in [0.25, 0.3) is 5.57 Å². The maximum Gasteiger partial charge on any atom is 0.328 e. The van der Waals surface area contributed by atoms with Crippen LogP contribution in [0.5, 0.6) is 5.75 Å². The van der Waals surface area contributed by atoms with Crippen molar-refractivity contribution in [1.29, 1.82) is 0 Å². The molecule has 0 radical (unpaired) electrons. The molecule has 17 heavy (non-hydrogen) atoms. The van der Waals surface area contributed by atoms with Crippen molar-refractivity contribution in [3.63, 3.8) is 0 Å². The Labute approximate surface area is 108 Å². The van der Waals surface area contributed by atoms with Crippen molar-refractivity contribution in [3.05, 3.63) is 34.3 Å². The van der Waals surface area contributed by atoms with Gasteiger partial charge in [-0.2, -0.15) is 0 Å². The summed E-state index contributed by atoms with van der Waals surface area (Å²) in [5.41, 5.74) is 1.85. The number of carboxylic acids is 1. The number of carbonyl (C=O) groups is 1. The molecular formula is C13H13BrO3. The highest BCUT2D eigenvalue weighted by molar-refractivity contribution is 9.10. The van der Waals surface area contributed by atoms with Crippen LogP contribution in [0, 0.1) is 5.92 Å². The van der Waals surface area contributed by atoms with Crippen LogP contribution in [0.3, 0.4) is 0 Å². The van der Waals surface area contributed by atoms with Crippen LogP contribution in [0.15, 0.2) is 28.7 Å². The van der Waals surface area contributed by atoms with E-state index in [-0.39, 0.29) is 0 Å². The highest BCUT2D eigenvalue weighted by atomic mass is 79.9. The molecule has 1 aliphatic rings. The lowest BCUT2D eigenvalue weighted by Crippen LogP contribution is -1.95. The highest BCUT2D eigenvalue weighted by Gasteiger charge is 2.27. The average Bonchev–Trinajstić information content (AvgIpc) is 3.09. The Bertz CT molecular complexity index is 476. The Morgan fingerprint density at radius 2 is 2.24 bits per heavy atom. The lowest BCUT2D eigenvalue weighted by atomic mass is 10.0. The average molecular weight is 297 g/mol. The van der Waals surface area contributed by atoms with E-state index >= 15 is 0 Å². The topological polar surface area (TPSA) is 46.5 Å². The Morgan fingerprint density at radius 1 is 1.53 bits per heavy atom. The first-order valence-corrected chi connectivity index (χ1v) is 6.19. The standard InChI is InChI=1S/C13H13BrO3/c1-17-12-5-4-9(6-11(12)14)10(7-13(15)16)8-2-3-8/h4-8H,2-3H2,1H3,(H,15,16)/b10-7+. The van der Waals surface area contributed by atoms with Gasteiger partial charge in [-0.25, -0.2) is 4.79 Å². The minimum absolute atomic E-state index is 0.395. The fourth-order valence-corrected chi connectivity index (χ4v) is 2.35. The molecule has 2 rings (SSSR count). The number of rotatable bonds is 4. The Kier molecular flexibility index (Phi) is 3.52. The third-order valence-corrected chi connectivity index (χ3v) is 3.40. The van der Waals surface area contributed by atoms with E-state index in [0.717, 1.165) is 34.2 Å². The molecule has 1 N–H and O–H groups in total. The first kappa shape index (κ1) is 12.2. The first-order valence-electron chi connectivity index (χ1n) is 5.40.